The second kappa shape index (κ2) is 11.5. The Balaban J connectivity index is 0.00000338. The molecular weight excluding hydrogens is 393 g/mol. The molecular formula is C17H31Cl2N5O3. The number of nitrogens with one attached hydrogen (secondary N) is 1. The summed E-state index contributed by atoms with van der Waals surface area (Å²) in [4.78, 5) is 26.0. The normalized spacial score (nSPS) is 17.7. The molecule has 27 heavy (non-hydrogen) atoms. The SMILES string of the molecule is Cc1cc(C)n(CC2CN(C(=O)CNC(=O)[C@@H](N)C(C)C)CCO2)n1.Cl.Cl. The fraction of sp³-hybridized carbons (Fsp3) is 0.706. The van der Waals surface area contributed by atoms with E-state index >= 15 is 0 Å². The van der Waals surface area contributed by atoms with E-state index in [4.69, 9.17) is 10.5 Å². The van der Waals surface area contributed by atoms with Gasteiger partial charge in [-0.25, -0.2) is 0 Å². The first-order valence-corrected chi connectivity index (χ1v) is 8.71. The first-order chi connectivity index (χ1) is 11.8. The lowest BCUT2D eigenvalue weighted by Crippen LogP contribution is -2.52. The Bertz CT molecular complexity index is 624. The van der Waals surface area contributed by atoms with Crippen molar-refractivity contribution < 1.29 is 14.3 Å². The van der Waals surface area contributed by atoms with Gasteiger partial charge in [-0.1, -0.05) is 13.8 Å². The summed E-state index contributed by atoms with van der Waals surface area (Å²) in [5.41, 5.74) is 7.81. The molecule has 3 N–H and O–H groups in total. The standard InChI is InChI=1S/C17H29N5O3.2ClH/c1-11(2)16(18)17(24)19-8-15(23)21-5-6-25-14(9-21)10-22-13(4)7-12(3)20-22;;/h7,11,14,16H,5-6,8-10,18H2,1-4H3,(H,19,24);2*1H/t14?,16-;;/m0../s1. The number of carbonyl (C=O) groups is 2. The number of ether oxygens (including phenoxy) is 1. The van der Waals surface area contributed by atoms with Gasteiger partial charge < -0.3 is 20.7 Å². The van der Waals surface area contributed by atoms with E-state index < -0.39 is 6.04 Å². The quantitative estimate of drug-likeness (QED) is 0.699. The van der Waals surface area contributed by atoms with Gasteiger partial charge in [-0.3, -0.25) is 14.3 Å². The molecule has 1 saturated heterocycles. The number of carbonyl (C=O) groups excluding carboxylic acids is 2. The molecule has 2 rings (SSSR count). The molecule has 2 heterocycles. The third-order valence-electron chi connectivity index (χ3n) is 4.41. The molecule has 0 bridgehead atoms. The maximum Gasteiger partial charge on any atom is 0.242 e. The zero-order valence-electron chi connectivity index (χ0n) is 16.3. The number of aromatic nitrogens is 2. The third kappa shape index (κ3) is 7.29. The number of aryl methyl sites for hydroxylation is 2. The monoisotopic (exact) mass is 423 g/mol. The molecule has 0 saturated carbocycles. The molecule has 1 aliphatic heterocycles. The third-order valence-corrected chi connectivity index (χ3v) is 4.41. The number of nitrogens with zero attached hydrogens (tertiary/aromatic N) is 3. The van der Waals surface area contributed by atoms with Crippen molar-refractivity contribution in [1.82, 2.24) is 20.0 Å². The van der Waals surface area contributed by atoms with Crippen LogP contribution in [0.15, 0.2) is 6.07 Å². The van der Waals surface area contributed by atoms with Crippen LogP contribution in [0.5, 0.6) is 0 Å². The molecule has 1 aromatic heterocycles. The van der Waals surface area contributed by atoms with Crippen LogP contribution in [0.3, 0.4) is 0 Å². The summed E-state index contributed by atoms with van der Waals surface area (Å²) in [6.07, 6.45) is -0.107. The first kappa shape index (κ1) is 25.6. The Morgan fingerprint density at radius 2 is 2.04 bits per heavy atom. The lowest BCUT2D eigenvalue weighted by atomic mass is 10.1. The van der Waals surface area contributed by atoms with E-state index in [0.29, 0.717) is 26.2 Å². The molecule has 8 nitrogen and oxygen atoms in total. The molecule has 1 aliphatic rings. The largest absolute Gasteiger partial charge is 0.373 e. The number of rotatable bonds is 6. The van der Waals surface area contributed by atoms with Crippen molar-refractivity contribution in [1.29, 1.82) is 0 Å². The predicted octanol–water partition coefficient (Wildman–Crippen LogP) is 0.670. The Morgan fingerprint density at radius 3 is 2.59 bits per heavy atom. The van der Waals surface area contributed by atoms with Crippen LogP contribution in [0, 0.1) is 19.8 Å². The molecule has 1 fully saturated rings. The van der Waals surface area contributed by atoms with Gasteiger partial charge in [0.05, 0.1) is 37.5 Å². The van der Waals surface area contributed by atoms with Crippen LogP contribution in [-0.4, -0.2) is 64.9 Å². The number of hydrogen-bond donors (Lipinski definition) is 2. The molecule has 0 aromatic carbocycles. The van der Waals surface area contributed by atoms with Crippen molar-refractivity contribution in [2.75, 3.05) is 26.2 Å². The summed E-state index contributed by atoms with van der Waals surface area (Å²) in [5, 5.41) is 7.06. The minimum atomic E-state index is -0.601. The van der Waals surface area contributed by atoms with Gasteiger partial charge in [0, 0.05) is 18.8 Å². The number of halogens is 2. The number of morpholine rings is 1. The lowest BCUT2D eigenvalue weighted by molar-refractivity contribution is -0.140. The fourth-order valence-electron chi connectivity index (χ4n) is 2.80. The Hall–Kier alpha value is -1.35. The van der Waals surface area contributed by atoms with Gasteiger partial charge in [0.15, 0.2) is 0 Å². The van der Waals surface area contributed by atoms with Gasteiger partial charge in [0.1, 0.15) is 0 Å². The van der Waals surface area contributed by atoms with Crippen LogP contribution in [-0.2, 0) is 20.9 Å². The van der Waals surface area contributed by atoms with Gasteiger partial charge in [0.2, 0.25) is 11.8 Å². The minimum Gasteiger partial charge on any atom is -0.373 e. The molecule has 2 atom stereocenters. The number of amides is 2. The predicted molar refractivity (Wildman–Crippen MR) is 108 cm³/mol. The van der Waals surface area contributed by atoms with Crippen LogP contribution >= 0.6 is 24.8 Å². The zero-order chi connectivity index (χ0) is 18.6. The van der Waals surface area contributed by atoms with Crippen molar-refractivity contribution in [3.63, 3.8) is 0 Å². The van der Waals surface area contributed by atoms with E-state index in [1.54, 1.807) is 4.90 Å². The number of nitrogens with two attached hydrogens (primary N) is 1. The highest BCUT2D eigenvalue weighted by atomic mass is 35.5. The smallest absolute Gasteiger partial charge is 0.242 e. The highest BCUT2D eigenvalue weighted by Crippen LogP contribution is 2.10. The van der Waals surface area contributed by atoms with E-state index in [0.717, 1.165) is 11.4 Å². The van der Waals surface area contributed by atoms with Crippen molar-refractivity contribution in [3.8, 4) is 0 Å². The molecule has 2 amide bonds. The highest BCUT2D eigenvalue weighted by Gasteiger charge is 2.26. The molecule has 0 aliphatic carbocycles. The topological polar surface area (TPSA) is 102 Å². The van der Waals surface area contributed by atoms with Crippen LogP contribution in [0.25, 0.3) is 0 Å². The molecule has 1 unspecified atom stereocenters. The molecule has 1 aromatic rings. The summed E-state index contributed by atoms with van der Waals surface area (Å²) >= 11 is 0. The van der Waals surface area contributed by atoms with E-state index in [1.165, 1.54) is 0 Å². The van der Waals surface area contributed by atoms with Crippen molar-refractivity contribution in [3.05, 3.63) is 17.5 Å². The summed E-state index contributed by atoms with van der Waals surface area (Å²) in [5.74, 6) is -0.384. The summed E-state index contributed by atoms with van der Waals surface area (Å²) in [7, 11) is 0. The zero-order valence-corrected chi connectivity index (χ0v) is 17.9. The Morgan fingerprint density at radius 1 is 1.37 bits per heavy atom. The highest BCUT2D eigenvalue weighted by molar-refractivity contribution is 5.87. The van der Waals surface area contributed by atoms with Crippen molar-refractivity contribution in [2.45, 2.75) is 46.4 Å². The summed E-state index contributed by atoms with van der Waals surface area (Å²) in [6.45, 7) is 9.76. The van der Waals surface area contributed by atoms with Crippen LogP contribution in [0.1, 0.15) is 25.2 Å². The lowest BCUT2D eigenvalue weighted by Gasteiger charge is -2.33. The second-order valence-corrected chi connectivity index (χ2v) is 6.93. The summed E-state index contributed by atoms with van der Waals surface area (Å²) in [6, 6.07) is 1.41. The first-order valence-electron chi connectivity index (χ1n) is 8.71. The average molecular weight is 424 g/mol. The fourth-order valence-corrected chi connectivity index (χ4v) is 2.80. The maximum atomic E-state index is 12.4. The van der Waals surface area contributed by atoms with E-state index in [-0.39, 0.29) is 55.2 Å². The van der Waals surface area contributed by atoms with E-state index in [2.05, 4.69) is 10.4 Å². The van der Waals surface area contributed by atoms with Gasteiger partial charge in [0.25, 0.3) is 0 Å². The molecule has 0 radical (unpaired) electrons. The van der Waals surface area contributed by atoms with Crippen molar-refractivity contribution in [2.24, 2.45) is 11.7 Å². The Labute approximate surface area is 173 Å². The van der Waals surface area contributed by atoms with Crippen molar-refractivity contribution >= 4 is 36.6 Å². The van der Waals surface area contributed by atoms with Gasteiger partial charge in [-0.2, -0.15) is 5.10 Å². The molecule has 0 spiro atoms. The van der Waals surface area contributed by atoms with Crippen LogP contribution < -0.4 is 11.1 Å². The van der Waals surface area contributed by atoms with Crippen LogP contribution in [0.4, 0.5) is 0 Å². The Kier molecular flexibility index (Phi) is 10.9. The summed E-state index contributed by atoms with van der Waals surface area (Å²) < 4.78 is 7.66. The van der Waals surface area contributed by atoms with Crippen LogP contribution in [0.2, 0.25) is 0 Å². The number of hydrogen-bond acceptors (Lipinski definition) is 5. The maximum absolute atomic E-state index is 12.4. The van der Waals surface area contributed by atoms with E-state index in [9.17, 15) is 9.59 Å². The van der Waals surface area contributed by atoms with E-state index in [1.807, 2.05) is 38.4 Å². The molecule has 156 valence electrons. The van der Waals surface area contributed by atoms with Gasteiger partial charge >= 0.3 is 0 Å². The average Bonchev–Trinajstić information content (AvgIpc) is 2.89. The minimum absolute atomic E-state index is 0. The second-order valence-electron chi connectivity index (χ2n) is 6.93. The van der Waals surface area contributed by atoms with Gasteiger partial charge in [-0.15, -0.1) is 24.8 Å². The van der Waals surface area contributed by atoms with Gasteiger partial charge in [-0.05, 0) is 25.8 Å². The molecule has 10 heteroatoms.